The van der Waals surface area contributed by atoms with Crippen LogP contribution in [0.2, 0.25) is 0 Å². The van der Waals surface area contributed by atoms with Crippen LogP contribution in [0.15, 0.2) is 4.99 Å². The molecule has 0 saturated carbocycles. The summed E-state index contributed by atoms with van der Waals surface area (Å²) in [6.07, 6.45) is 1.16. The summed E-state index contributed by atoms with van der Waals surface area (Å²) in [6.45, 7) is 12.8. The Bertz CT molecular complexity index is 401. The number of rotatable bonds is 8. The summed E-state index contributed by atoms with van der Waals surface area (Å²) in [5.74, 6) is 0.678. The molecule has 0 aromatic heterocycles. The molecule has 0 bridgehead atoms. The molecule has 24 heavy (non-hydrogen) atoms. The standard InChI is InChI=1S/C17H36N4O3/c1-9-17(10-2,21-15(22)24-16(4,5)6)12-19-14(18-7)20-13(3)11-23-8/h13H,9-12H2,1-8H3,(H,21,22)(H2,18,19,20). The Hall–Kier alpha value is -1.50. The van der Waals surface area contributed by atoms with Gasteiger partial charge >= 0.3 is 6.09 Å². The normalized spacial score (nSPS) is 14.1. The Morgan fingerprint density at radius 1 is 1.21 bits per heavy atom. The second kappa shape index (κ2) is 10.4. The Morgan fingerprint density at radius 2 is 1.79 bits per heavy atom. The molecular formula is C17H36N4O3. The number of carbonyl (C=O) groups excluding carboxylic acids is 1. The van der Waals surface area contributed by atoms with Gasteiger partial charge in [-0.25, -0.2) is 4.79 Å². The number of guanidine groups is 1. The maximum atomic E-state index is 12.1. The number of amides is 1. The summed E-state index contributed by atoms with van der Waals surface area (Å²) in [5.41, 5.74) is -0.914. The lowest BCUT2D eigenvalue weighted by Gasteiger charge is -2.34. The molecule has 0 radical (unpaired) electrons. The summed E-state index contributed by atoms with van der Waals surface area (Å²) >= 11 is 0. The van der Waals surface area contributed by atoms with Crippen LogP contribution in [0.1, 0.15) is 54.4 Å². The lowest BCUT2D eigenvalue weighted by atomic mass is 9.93. The van der Waals surface area contributed by atoms with E-state index in [1.54, 1.807) is 14.2 Å². The number of methoxy groups -OCH3 is 1. The maximum Gasteiger partial charge on any atom is 0.408 e. The molecule has 0 heterocycles. The number of aliphatic imine (C=N–C) groups is 1. The van der Waals surface area contributed by atoms with Crippen molar-refractivity contribution < 1.29 is 14.3 Å². The van der Waals surface area contributed by atoms with Crippen molar-refractivity contribution in [3.8, 4) is 0 Å². The van der Waals surface area contributed by atoms with Crippen LogP contribution in [0, 0.1) is 0 Å². The molecule has 0 fully saturated rings. The van der Waals surface area contributed by atoms with Crippen LogP contribution in [0.4, 0.5) is 4.79 Å². The predicted molar refractivity (Wildman–Crippen MR) is 98.5 cm³/mol. The summed E-state index contributed by atoms with van der Waals surface area (Å²) in [6, 6.07) is 0.137. The molecule has 0 saturated heterocycles. The number of alkyl carbamates (subject to hydrolysis) is 1. The van der Waals surface area contributed by atoms with Gasteiger partial charge in [-0.2, -0.15) is 0 Å². The largest absolute Gasteiger partial charge is 0.444 e. The van der Waals surface area contributed by atoms with Gasteiger partial charge in [0.2, 0.25) is 0 Å². The minimum Gasteiger partial charge on any atom is -0.444 e. The molecular weight excluding hydrogens is 308 g/mol. The van der Waals surface area contributed by atoms with Crippen molar-refractivity contribution in [1.82, 2.24) is 16.0 Å². The van der Waals surface area contributed by atoms with E-state index in [1.165, 1.54) is 0 Å². The van der Waals surface area contributed by atoms with Crippen LogP contribution in [0.5, 0.6) is 0 Å². The van der Waals surface area contributed by atoms with Gasteiger partial charge in [-0.3, -0.25) is 4.99 Å². The van der Waals surface area contributed by atoms with Gasteiger partial charge in [-0.1, -0.05) is 13.8 Å². The first-order chi connectivity index (χ1) is 11.1. The average molecular weight is 345 g/mol. The summed E-state index contributed by atoms with van der Waals surface area (Å²) < 4.78 is 10.5. The van der Waals surface area contributed by atoms with E-state index in [0.717, 1.165) is 12.8 Å². The Balaban J connectivity index is 4.78. The van der Waals surface area contributed by atoms with E-state index in [4.69, 9.17) is 9.47 Å². The fraction of sp³-hybridized carbons (Fsp3) is 0.882. The van der Waals surface area contributed by atoms with Gasteiger partial charge in [0, 0.05) is 26.7 Å². The second-order valence-electron chi connectivity index (χ2n) is 7.04. The molecule has 1 unspecified atom stereocenters. The van der Waals surface area contributed by atoms with E-state index in [0.29, 0.717) is 19.1 Å². The zero-order valence-corrected chi connectivity index (χ0v) is 16.6. The van der Waals surface area contributed by atoms with E-state index in [-0.39, 0.29) is 6.04 Å². The first-order valence-electron chi connectivity index (χ1n) is 8.58. The van der Waals surface area contributed by atoms with E-state index in [9.17, 15) is 4.79 Å². The molecule has 0 aliphatic rings. The molecule has 0 aromatic rings. The second-order valence-corrected chi connectivity index (χ2v) is 7.04. The monoisotopic (exact) mass is 344 g/mol. The number of ether oxygens (including phenoxy) is 2. The van der Waals surface area contributed by atoms with E-state index in [2.05, 4.69) is 20.9 Å². The van der Waals surface area contributed by atoms with Gasteiger partial charge in [0.15, 0.2) is 5.96 Å². The number of hydrogen-bond donors (Lipinski definition) is 3. The highest BCUT2D eigenvalue weighted by atomic mass is 16.6. The van der Waals surface area contributed by atoms with Gasteiger partial charge in [0.25, 0.3) is 0 Å². The molecule has 0 aliphatic heterocycles. The van der Waals surface area contributed by atoms with E-state index in [1.807, 2.05) is 41.5 Å². The lowest BCUT2D eigenvalue weighted by molar-refractivity contribution is 0.0448. The highest BCUT2D eigenvalue weighted by Crippen LogP contribution is 2.16. The molecule has 0 rings (SSSR count). The van der Waals surface area contributed by atoms with Gasteiger partial charge in [-0.15, -0.1) is 0 Å². The fourth-order valence-electron chi connectivity index (χ4n) is 2.21. The Labute approximate surface area is 147 Å². The van der Waals surface area contributed by atoms with E-state index < -0.39 is 17.2 Å². The summed E-state index contributed by atoms with van der Waals surface area (Å²) in [4.78, 5) is 16.4. The third-order valence-corrected chi connectivity index (χ3v) is 3.74. The van der Waals surface area contributed by atoms with Crippen LogP contribution in [0.25, 0.3) is 0 Å². The van der Waals surface area contributed by atoms with Crippen LogP contribution in [0.3, 0.4) is 0 Å². The quantitative estimate of drug-likeness (QED) is 0.465. The van der Waals surface area contributed by atoms with Crippen LogP contribution in [-0.4, -0.2) is 56.5 Å². The van der Waals surface area contributed by atoms with Gasteiger partial charge in [0.05, 0.1) is 12.1 Å². The zero-order chi connectivity index (χ0) is 18.8. The van der Waals surface area contributed by atoms with Crippen LogP contribution >= 0.6 is 0 Å². The van der Waals surface area contributed by atoms with Gasteiger partial charge < -0.3 is 25.4 Å². The predicted octanol–water partition coefficient (Wildman–Crippen LogP) is 2.27. The fourth-order valence-corrected chi connectivity index (χ4v) is 2.21. The number of carbonyl (C=O) groups is 1. The lowest BCUT2D eigenvalue weighted by Crippen LogP contribution is -2.57. The Morgan fingerprint density at radius 3 is 2.21 bits per heavy atom. The molecule has 7 heteroatoms. The van der Waals surface area contributed by atoms with Crippen molar-refractivity contribution in [3.63, 3.8) is 0 Å². The van der Waals surface area contributed by atoms with Crippen LogP contribution in [-0.2, 0) is 9.47 Å². The average Bonchev–Trinajstić information content (AvgIpc) is 2.48. The van der Waals surface area contributed by atoms with Crippen molar-refractivity contribution in [2.24, 2.45) is 4.99 Å². The van der Waals surface area contributed by atoms with Crippen molar-refractivity contribution in [2.75, 3.05) is 27.3 Å². The third-order valence-electron chi connectivity index (χ3n) is 3.74. The van der Waals surface area contributed by atoms with Crippen molar-refractivity contribution >= 4 is 12.1 Å². The third kappa shape index (κ3) is 8.96. The summed E-state index contributed by atoms with van der Waals surface area (Å²) in [7, 11) is 3.38. The van der Waals surface area contributed by atoms with Gasteiger partial charge in [0.1, 0.15) is 5.60 Å². The Kier molecular flexibility index (Phi) is 9.73. The molecule has 0 aliphatic carbocycles. The van der Waals surface area contributed by atoms with E-state index >= 15 is 0 Å². The minimum absolute atomic E-state index is 0.137. The molecule has 7 nitrogen and oxygen atoms in total. The topological polar surface area (TPSA) is 84.0 Å². The molecule has 1 amide bonds. The molecule has 3 N–H and O–H groups in total. The van der Waals surface area contributed by atoms with Crippen molar-refractivity contribution in [3.05, 3.63) is 0 Å². The smallest absolute Gasteiger partial charge is 0.408 e. The minimum atomic E-state index is -0.516. The number of hydrogen-bond acceptors (Lipinski definition) is 4. The molecule has 142 valence electrons. The highest BCUT2D eigenvalue weighted by Gasteiger charge is 2.30. The molecule has 0 aromatic carbocycles. The maximum absolute atomic E-state index is 12.1. The molecule has 0 spiro atoms. The highest BCUT2D eigenvalue weighted by molar-refractivity contribution is 5.80. The van der Waals surface area contributed by atoms with Crippen LogP contribution < -0.4 is 16.0 Å². The number of nitrogens with zero attached hydrogens (tertiary/aromatic N) is 1. The van der Waals surface area contributed by atoms with Gasteiger partial charge in [-0.05, 0) is 40.5 Å². The first-order valence-corrected chi connectivity index (χ1v) is 8.58. The first kappa shape index (κ1) is 22.5. The number of nitrogens with one attached hydrogen (secondary N) is 3. The van der Waals surface area contributed by atoms with Crippen molar-refractivity contribution in [1.29, 1.82) is 0 Å². The van der Waals surface area contributed by atoms with Crippen molar-refractivity contribution in [2.45, 2.75) is 71.6 Å². The zero-order valence-electron chi connectivity index (χ0n) is 16.6. The molecule has 1 atom stereocenters. The SMILES string of the molecule is CCC(CC)(CNC(=NC)NC(C)COC)NC(=O)OC(C)(C)C. The summed E-state index contributed by atoms with van der Waals surface area (Å²) in [5, 5.41) is 9.55.